The average molecular weight is 1740 g/mol. The fourth-order valence-electron chi connectivity index (χ4n) is 14.2. The number of aromatic nitrogens is 6. The molecule has 0 amide bonds. The lowest BCUT2D eigenvalue weighted by Gasteiger charge is -2.42. The second-order valence-corrected chi connectivity index (χ2v) is 40.4. The number of hydrogen-bond acceptors (Lipinski definition) is 21. The minimum Gasteiger partial charge on any atom is -0.479 e. The van der Waals surface area contributed by atoms with E-state index in [0.717, 1.165) is 101 Å². The Morgan fingerprint density at radius 3 is 1.03 bits per heavy atom. The first-order chi connectivity index (χ1) is 57.6. The lowest BCUT2D eigenvalue weighted by Crippen LogP contribution is -2.49. The largest absolute Gasteiger partial charge is 0.479 e. The molecule has 0 spiro atoms. The van der Waals surface area contributed by atoms with Crippen molar-refractivity contribution in [3.05, 3.63) is 79.7 Å². The number of rotatable bonds is 13. The van der Waals surface area contributed by atoms with Crippen molar-refractivity contribution >= 4 is 23.5 Å². The molecule has 9 saturated heterocycles. The van der Waals surface area contributed by atoms with Gasteiger partial charge >= 0.3 is 0 Å². The van der Waals surface area contributed by atoms with E-state index in [1.165, 1.54) is 200 Å². The van der Waals surface area contributed by atoms with Crippen LogP contribution in [-0.2, 0) is 9.47 Å². The van der Waals surface area contributed by atoms with Crippen molar-refractivity contribution in [2.45, 2.75) is 362 Å². The number of nitrogens with zero attached hydrogens (tertiary/aromatic N) is 17. The molecule has 3 aromatic rings. The lowest BCUT2D eigenvalue weighted by molar-refractivity contribution is 0.0238. The highest BCUT2D eigenvalue weighted by molar-refractivity contribution is 8.02. The zero-order valence-corrected chi connectivity index (χ0v) is 85.9. The number of likely N-dealkylation sites (tertiary alicyclic amines) is 4. The summed E-state index contributed by atoms with van der Waals surface area (Å²) in [6, 6.07) is 12.8. The molecule has 0 bridgehead atoms. The molecule has 3 aromatic heterocycles. The van der Waals surface area contributed by atoms with Gasteiger partial charge in [-0.25, -0.2) is 4.98 Å². The van der Waals surface area contributed by atoms with Gasteiger partial charge < -0.3 is 59.1 Å². The summed E-state index contributed by atoms with van der Waals surface area (Å²) in [5.74, 6) is 3.80. The van der Waals surface area contributed by atoms with E-state index in [0.29, 0.717) is 47.8 Å². The highest BCUT2D eigenvalue weighted by atomic mass is 32.2. The number of thioether (sulfide) groups is 2. The fraction of sp³-hybridized carbons (Fsp3) is 0.866. The maximum Gasteiger partial charge on any atom is 0.160 e. The van der Waals surface area contributed by atoms with E-state index in [-0.39, 0.29) is 0 Å². The molecule has 710 valence electrons. The first-order valence-corrected chi connectivity index (χ1v) is 50.8. The molecule has 0 saturated carbocycles. The Bertz CT molecular complexity index is 2440. The Kier molecular flexibility index (Phi) is 68.5. The minimum atomic E-state index is 0.428. The molecule has 0 unspecified atom stereocenters. The van der Waals surface area contributed by atoms with Gasteiger partial charge in [0.2, 0.25) is 0 Å². The van der Waals surface area contributed by atoms with Crippen LogP contribution in [0.2, 0.25) is 0 Å². The Morgan fingerprint density at radius 2 is 0.752 bits per heavy atom. The predicted octanol–water partition coefficient (Wildman–Crippen LogP) is 18.4. The summed E-state index contributed by atoms with van der Waals surface area (Å²) in [5, 5.41) is 19.6. The van der Waals surface area contributed by atoms with E-state index < -0.39 is 0 Å². The first-order valence-electron chi connectivity index (χ1n) is 48.6. The van der Waals surface area contributed by atoms with Crippen molar-refractivity contribution in [2.24, 2.45) is 0 Å². The van der Waals surface area contributed by atoms with Crippen molar-refractivity contribution in [1.29, 1.82) is 0 Å². The van der Waals surface area contributed by atoms with Crippen LogP contribution >= 0.6 is 23.5 Å². The summed E-state index contributed by atoms with van der Waals surface area (Å²) >= 11 is 3.93. The SMILES string of the molecule is CC(C)(C)N1CCC1.CC(C)N1C=COC1.CC(C)N1C=CSC1.CC(C)N1CCCC1.CC(C)N1CCCCC1.CC(C)N1CCCCCC1.CC(C)N1CCCNC1.CC(C)N1CCCNCC1.CC(C)N1CCNCC1.CC(C)N1CCOCC1.CC(C)N1CCSCC1.CC(C)n1cccc1.CC(C)n1ccnc1.CC(C)n1ccnn1. The highest BCUT2D eigenvalue weighted by Crippen LogP contribution is 2.21. The van der Waals surface area contributed by atoms with Gasteiger partial charge in [0.25, 0.3) is 0 Å². The highest BCUT2D eigenvalue weighted by Gasteiger charge is 2.26. The molecule has 24 heteroatoms. The van der Waals surface area contributed by atoms with Crippen molar-refractivity contribution in [3.8, 4) is 0 Å². The van der Waals surface area contributed by atoms with Gasteiger partial charge in [-0.05, 0) is 348 Å². The van der Waals surface area contributed by atoms with E-state index in [9.17, 15) is 0 Å². The molecule has 14 heterocycles. The smallest absolute Gasteiger partial charge is 0.160 e. The summed E-state index contributed by atoms with van der Waals surface area (Å²) in [4.78, 5) is 31.0. The third-order valence-corrected chi connectivity index (χ3v) is 25.0. The van der Waals surface area contributed by atoms with E-state index in [4.69, 9.17) is 9.47 Å². The molecule has 22 nitrogen and oxygen atoms in total. The maximum atomic E-state index is 5.21. The van der Waals surface area contributed by atoms with Gasteiger partial charge in [0.05, 0.1) is 31.6 Å². The van der Waals surface area contributed by atoms with Crippen molar-refractivity contribution in [2.75, 3.05) is 188 Å². The van der Waals surface area contributed by atoms with E-state index in [1.807, 2.05) is 48.8 Å². The number of piperidine rings is 1. The van der Waals surface area contributed by atoms with Crippen molar-refractivity contribution in [3.63, 3.8) is 0 Å². The Labute approximate surface area is 757 Å². The van der Waals surface area contributed by atoms with Crippen LogP contribution in [0.1, 0.15) is 296 Å². The zero-order valence-electron chi connectivity index (χ0n) is 84.2. The monoisotopic (exact) mass is 1740 g/mol. The average Bonchev–Trinajstić information content (AvgIpc) is 1.76. The fourth-order valence-corrected chi connectivity index (χ4v) is 16.0. The Morgan fingerprint density at radius 1 is 0.347 bits per heavy atom. The molecule has 9 fully saturated rings. The molecule has 0 aromatic carbocycles. The zero-order chi connectivity index (χ0) is 90.3. The molecule has 3 N–H and O–H groups in total. The van der Waals surface area contributed by atoms with Gasteiger partial charge in [-0.15, -0.1) is 16.9 Å². The van der Waals surface area contributed by atoms with Gasteiger partial charge in [0.1, 0.15) is 6.26 Å². The van der Waals surface area contributed by atoms with Crippen LogP contribution in [0.15, 0.2) is 79.7 Å². The quantitative estimate of drug-likeness (QED) is 0.149. The van der Waals surface area contributed by atoms with E-state index in [1.54, 1.807) is 23.3 Å². The molecule has 11 aliphatic rings. The van der Waals surface area contributed by atoms with E-state index >= 15 is 0 Å². The summed E-state index contributed by atoms with van der Waals surface area (Å²) in [5.41, 5.74) is 0.429. The van der Waals surface area contributed by atoms with Gasteiger partial charge in [0, 0.05) is 218 Å². The number of nitrogens with one attached hydrogen (secondary N) is 3. The minimum absolute atomic E-state index is 0.428. The molecule has 14 rings (SSSR count). The van der Waals surface area contributed by atoms with Crippen LogP contribution in [0, 0.1) is 0 Å². The Balaban J connectivity index is 0.000000652. The van der Waals surface area contributed by atoms with Crippen LogP contribution in [0.3, 0.4) is 0 Å². The van der Waals surface area contributed by atoms with Gasteiger partial charge in [0.15, 0.2) is 6.73 Å². The third kappa shape index (κ3) is 59.4. The number of imidazole rings is 1. The van der Waals surface area contributed by atoms with Crippen LogP contribution in [0.5, 0.6) is 0 Å². The summed E-state index contributed by atoms with van der Waals surface area (Å²) < 4.78 is 16.2. The molecule has 11 aliphatic heterocycles. The molecule has 0 atom stereocenters. The van der Waals surface area contributed by atoms with Crippen LogP contribution in [0.25, 0.3) is 0 Å². The predicted molar refractivity (Wildman–Crippen MR) is 531 cm³/mol. The standard InChI is InChI=1S/C9H19N.C8H18N2.C8H17N.2C7H16N2.C7H15NO.C7H15NS.2C7H15N.C7H11N.C6H10N2.C6H11NO.C6H11NS.C5H9N3/c1-9(2)10-7-5-3-4-6-8-10;1-8(2)10-6-3-4-9-5-7-10;1-8(2)9-6-4-3-5-7-9;1-7(2)9-5-3-8-4-6-9;1-7(2)9-5-3-4-8-6-9;2*1-7(2)8-3-5-9-6-4-8;1-7(2,3)8-5-4-6-8;2*1-7(2)8-5-3-4-6-8;1-6(2)8-4-3-7-5-8;2*1-6(2)7-3-4-8-5-7;1-5(2)8-4-3-6-7-8/h9H,3-8H2,1-2H3;8-9H,3-7H2,1-2H3;8H,3-7H2,1-2H3;2*7-8H,3-6H2,1-2H3;2*7H,3-6H2,1-2H3;4-6H2,1-3H3;7H,3-6H2,1-2H3;3-7H,1-2H3;3-6H,1-2H3;2*3-4,6H,5H2,1-2H3;3-5H,1-2H3. The van der Waals surface area contributed by atoms with Crippen molar-refractivity contribution in [1.82, 2.24) is 99.0 Å². The first kappa shape index (κ1) is 116. The maximum absolute atomic E-state index is 5.21. The van der Waals surface area contributed by atoms with Gasteiger partial charge in [-0.1, -0.05) is 24.5 Å². The normalized spacial score (nSPS) is 19.9. The van der Waals surface area contributed by atoms with Crippen LogP contribution in [0.4, 0.5) is 0 Å². The molecule has 0 aliphatic carbocycles. The molecular weight excluding hydrogens is 1540 g/mol. The third-order valence-electron chi connectivity index (χ3n) is 23.3. The molecule has 0 radical (unpaired) electrons. The number of morpholine rings is 1. The van der Waals surface area contributed by atoms with Gasteiger partial charge in [-0.3, -0.25) is 34.1 Å². The summed E-state index contributed by atoms with van der Waals surface area (Å²) in [6.45, 7) is 95.6. The number of ether oxygens (including phenoxy) is 2. The number of hydrogen-bond donors (Lipinski definition) is 3. The summed E-state index contributed by atoms with van der Waals surface area (Å²) in [7, 11) is 0. The molecular formula is C97H198N20O2S2. The summed E-state index contributed by atoms with van der Waals surface area (Å²) in [6.07, 6.45) is 35.9. The topological polar surface area (TPSA) is 144 Å². The number of piperazine rings is 1. The van der Waals surface area contributed by atoms with Gasteiger partial charge in [-0.2, -0.15) is 11.8 Å². The van der Waals surface area contributed by atoms with Crippen LogP contribution in [-0.4, -0.2) is 337 Å². The molecule has 121 heavy (non-hydrogen) atoms. The van der Waals surface area contributed by atoms with Crippen LogP contribution < -0.4 is 16.0 Å². The van der Waals surface area contributed by atoms with E-state index in [2.05, 4.69) is 331 Å². The second kappa shape index (κ2) is 71.6. The second-order valence-electron chi connectivity index (χ2n) is 38.3. The lowest BCUT2D eigenvalue weighted by atomic mass is 10.0. The Hall–Kier alpha value is -3.31. The van der Waals surface area contributed by atoms with Crippen molar-refractivity contribution < 1.29 is 9.47 Å².